The molecule has 88 valence electrons. The van der Waals surface area contributed by atoms with Gasteiger partial charge in [-0.1, -0.05) is 0 Å². The van der Waals surface area contributed by atoms with Crippen LogP contribution in [0.5, 0.6) is 0 Å². The van der Waals surface area contributed by atoms with Gasteiger partial charge in [0.15, 0.2) is 0 Å². The molecule has 0 spiro atoms. The zero-order valence-electron chi connectivity index (χ0n) is 9.42. The van der Waals surface area contributed by atoms with Crippen molar-refractivity contribution in [1.82, 2.24) is 4.98 Å². The van der Waals surface area contributed by atoms with Crippen molar-refractivity contribution in [3.05, 3.63) is 53.9 Å². The van der Waals surface area contributed by atoms with Crippen molar-refractivity contribution < 1.29 is 4.79 Å². The summed E-state index contributed by atoms with van der Waals surface area (Å²) in [6, 6.07) is 11.8. The minimum Gasteiger partial charge on any atom is -0.397 e. The topological polar surface area (TPSA) is 91.8 Å². The molecule has 5 heteroatoms. The third-order valence-corrected chi connectivity index (χ3v) is 2.29. The molecular formula is C13H10N4O. The van der Waals surface area contributed by atoms with Crippen LogP contribution in [-0.2, 0) is 0 Å². The number of amides is 1. The number of nitrogens with one attached hydrogen (secondary N) is 1. The van der Waals surface area contributed by atoms with E-state index in [1.54, 1.807) is 36.4 Å². The standard InChI is InChI=1S/C13H10N4O/c14-7-9-1-4-11(5-2-9)17-13(18)12-6-3-10(15)8-16-12/h1-6,8H,15H2,(H,17,18). The molecule has 0 aliphatic heterocycles. The van der Waals surface area contributed by atoms with Crippen LogP contribution in [0.3, 0.4) is 0 Å². The Bertz CT molecular complexity index is 596. The van der Waals surface area contributed by atoms with Gasteiger partial charge in [0, 0.05) is 5.69 Å². The van der Waals surface area contributed by atoms with Crippen molar-refractivity contribution >= 4 is 17.3 Å². The molecule has 3 N–H and O–H groups in total. The van der Waals surface area contributed by atoms with Crippen molar-refractivity contribution in [2.75, 3.05) is 11.1 Å². The van der Waals surface area contributed by atoms with Crippen molar-refractivity contribution in [3.63, 3.8) is 0 Å². The molecule has 0 atom stereocenters. The van der Waals surface area contributed by atoms with Crippen LogP contribution < -0.4 is 11.1 Å². The van der Waals surface area contributed by atoms with E-state index in [0.29, 0.717) is 16.9 Å². The average Bonchev–Trinajstić information content (AvgIpc) is 2.40. The monoisotopic (exact) mass is 238 g/mol. The maximum Gasteiger partial charge on any atom is 0.274 e. The Kier molecular flexibility index (Phi) is 3.21. The van der Waals surface area contributed by atoms with Crippen molar-refractivity contribution in [1.29, 1.82) is 5.26 Å². The first-order valence-electron chi connectivity index (χ1n) is 5.22. The van der Waals surface area contributed by atoms with Gasteiger partial charge in [-0.25, -0.2) is 4.98 Å². The van der Waals surface area contributed by atoms with Gasteiger partial charge in [0.25, 0.3) is 5.91 Å². The van der Waals surface area contributed by atoms with Crippen LogP contribution in [0.15, 0.2) is 42.6 Å². The fourth-order valence-corrected chi connectivity index (χ4v) is 1.36. The zero-order chi connectivity index (χ0) is 13.0. The van der Waals surface area contributed by atoms with Crippen LogP contribution in [0, 0.1) is 11.3 Å². The number of aromatic nitrogens is 1. The van der Waals surface area contributed by atoms with Gasteiger partial charge in [-0.3, -0.25) is 4.79 Å². The highest BCUT2D eigenvalue weighted by atomic mass is 16.1. The Labute approximate surface area is 104 Å². The molecule has 0 radical (unpaired) electrons. The predicted octanol–water partition coefficient (Wildman–Crippen LogP) is 1.79. The number of nitrogen functional groups attached to an aromatic ring is 1. The first-order chi connectivity index (χ1) is 8.69. The van der Waals surface area contributed by atoms with E-state index in [2.05, 4.69) is 10.3 Å². The molecule has 1 aromatic heterocycles. The van der Waals surface area contributed by atoms with Crippen molar-refractivity contribution in [2.24, 2.45) is 0 Å². The Balaban J connectivity index is 2.11. The third kappa shape index (κ3) is 2.62. The highest BCUT2D eigenvalue weighted by molar-refractivity contribution is 6.02. The van der Waals surface area contributed by atoms with E-state index in [9.17, 15) is 4.79 Å². The first kappa shape index (κ1) is 11.6. The second-order valence-electron chi connectivity index (χ2n) is 3.62. The van der Waals surface area contributed by atoms with Gasteiger partial charge in [0.1, 0.15) is 5.69 Å². The molecule has 0 aliphatic carbocycles. The fraction of sp³-hybridized carbons (Fsp3) is 0. The second kappa shape index (κ2) is 4.97. The lowest BCUT2D eigenvalue weighted by atomic mass is 10.2. The largest absolute Gasteiger partial charge is 0.397 e. The molecule has 1 aromatic carbocycles. The zero-order valence-corrected chi connectivity index (χ0v) is 9.42. The lowest BCUT2D eigenvalue weighted by Crippen LogP contribution is -2.13. The Morgan fingerprint density at radius 2 is 1.94 bits per heavy atom. The number of carbonyl (C=O) groups is 1. The summed E-state index contributed by atoms with van der Waals surface area (Å²) >= 11 is 0. The number of benzene rings is 1. The fourth-order valence-electron chi connectivity index (χ4n) is 1.36. The average molecular weight is 238 g/mol. The summed E-state index contributed by atoms with van der Waals surface area (Å²) in [5, 5.41) is 11.3. The number of nitrogens with two attached hydrogens (primary N) is 1. The van der Waals surface area contributed by atoms with E-state index in [4.69, 9.17) is 11.0 Å². The van der Waals surface area contributed by atoms with Crippen molar-refractivity contribution in [3.8, 4) is 6.07 Å². The van der Waals surface area contributed by atoms with Crippen LogP contribution >= 0.6 is 0 Å². The van der Waals surface area contributed by atoms with Crippen LogP contribution in [-0.4, -0.2) is 10.9 Å². The van der Waals surface area contributed by atoms with E-state index < -0.39 is 0 Å². The highest BCUT2D eigenvalue weighted by Gasteiger charge is 2.06. The van der Waals surface area contributed by atoms with Gasteiger partial charge in [0.05, 0.1) is 23.5 Å². The van der Waals surface area contributed by atoms with Gasteiger partial charge >= 0.3 is 0 Å². The summed E-state index contributed by atoms with van der Waals surface area (Å²) < 4.78 is 0. The normalized spacial score (nSPS) is 9.50. The second-order valence-corrected chi connectivity index (χ2v) is 3.62. The van der Waals surface area contributed by atoms with Crippen LogP contribution in [0.2, 0.25) is 0 Å². The molecule has 0 saturated carbocycles. The summed E-state index contributed by atoms with van der Waals surface area (Å²) in [5.41, 5.74) is 7.43. The molecule has 2 aromatic rings. The van der Waals surface area contributed by atoms with Crippen LogP contribution in [0.1, 0.15) is 16.1 Å². The maximum absolute atomic E-state index is 11.8. The lowest BCUT2D eigenvalue weighted by molar-refractivity contribution is 0.102. The summed E-state index contributed by atoms with van der Waals surface area (Å²) in [6.45, 7) is 0. The molecule has 2 rings (SSSR count). The quantitative estimate of drug-likeness (QED) is 0.834. The van der Waals surface area contributed by atoms with Gasteiger partial charge in [-0.05, 0) is 36.4 Å². The number of hydrogen-bond acceptors (Lipinski definition) is 4. The molecule has 0 bridgehead atoms. The molecule has 0 unspecified atom stereocenters. The van der Waals surface area contributed by atoms with E-state index in [-0.39, 0.29) is 11.6 Å². The van der Waals surface area contributed by atoms with E-state index in [1.807, 2.05) is 6.07 Å². The summed E-state index contributed by atoms with van der Waals surface area (Å²) in [4.78, 5) is 15.7. The molecule has 1 heterocycles. The van der Waals surface area contributed by atoms with Crippen LogP contribution in [0.25, 0.3) is 0 Å². The number of nitriles is 1. The van der Waals surface area contributed by atoms with E-state index in [0.717, 1.165) is 0 Å². The number of carbonyl (C=O) groups excluding carboxylic acids is 1. The van der Waals surface area contributed by atoms with E-state index in [1.165, 1.54) is 6.20 Å². The summed E-state index contributed by atoms with van der Waals surface area (Å²) in [7, 11) is 0. The maximum atomic E-state index is 11.8. The smallest absolute Gasteiger partial charge is 0.274 e. The van der Waals surface area contributed by atoms with Gasteiger partial charge in [-0.15, -0.1) is 0 Å². The van der Waals surface area contributed by atoms with Crippen molar-refractivity contribution in [2.45, 2.75) is 0 Å². The Morgan fingerprint density at radius 1 is 1.22 bits per heavy atom. The molecule has 0 saturated heterocycles. The minimum atomic E-state index is -0.320. The number of nitrogens with zero attached hydrogens (tertiary/aromatic N) is 2. The highest BCUT2D eigenvalue weighted by Crippen LogP contribution is 2.10. The number of pyridine rings is 1. The molecule has 1 amide bonds. The Hall–Kier alpha value is -2.87. The molecule has 5 nitrogen and oxygen atoms in total. The molecule has 0 fully saturated rings. The lowest BCUT2D eigenvalue weighted by Gasteiger charge is -2.04. The number of anilines is 2. The molecule has 0 aliphatic rings. The SMILES string of the molecule is N#Cc1ccc(NC(=O)c2ccc(N)cn2)cc1. The Morgan fingerprint density at radius 3 is 2.50 bits per heavy atom. The summed E-state index contributed by atoms with van der Waals surface area (Å²) in [6.07, 6.45) is 1.42. The minimum absolute atomic E-state index is 0.286. The number of rotatable bonds is 2. The molecule has 18 heavy (non-hydrogen) atoms. The number of hydrogen-bond donors (Lipinski definition) is 2. The molecular weight excluding hydrogens is 228 g/mol. The van der Waals surface area contributed by atoms with Gasteiger partial charge in [0.2, 0.25) is 0 Å². The first-order valence-corrected chi connectivity index (χ1v) is 5.22. The predicted molar refractivity (Wildman–Crippen MR) is 67.8 cm³/mol. The van der Waals surface area contributed by atoms with Gasteiger partial charge in [-0.2, -0.15) is 5.26 Å². The van der Waals surface area contributed by atoms with E-state index >= 15 is 0 Å². The van der Waals surface area contributed by atoms with Gasteiger partial charge < -0.3 is 11.1 Å². The van der Waals surface area contributed by atoms with Crippen LogP contribution in [0.4, 0.5) is 11.4 Å². The third-order valence-electron chi connectivity index (χ3n) is 2.29. The summed E-state index contributed by atoms with van der Waals surface area (Å²) in [5.74, 6) is -0.320.